The van der Waals surface area contributed by atoms with Gasteiger partial charge in [-0.15, -0.1) is 11.6 Å². The number of halogens is 2. The molecule has 0 aromatic heterocycles. The fraction of sp³-hybridized carbons (Fsp3) is 0.467. The normalized spacial score (nSPS) is 11.8. The molecule has 0 saturated heterocycles. The Hall–Kier alpha value is -1.07. The fourth-order valence-corrected chi connectivity index (χ4v) is 2.54. The van der Waals surface area contributed by atoms with Crippen LogP contribution in [0.1, 0.15) is 29.7 Å². The molecule has 0 radical (unpaired) electrons. The minimum Gasteiger partial charge on any atom is -0.493 e. The Morgan fingerprint density at radius 3 is 2.43 bits per heavy atom. The molecular weight excluding hydrogens is 360 g/mol. The van der Waals surface area contributed by atoms with Gasteiger partial charge in [0.25, 0.3) is 0 Å². The topological polar surface area (TPSA) is 52.6 Å². The van der Waals surface area contributed by atoms with Gasteiger partial charge in [0, 0.05) is 12.3 Å². The molecule has 0 aliphatic carbocycles. The summed E-state index contributed by atoms with van der Waals surface area (Å²) < 4.78 is 10.3. The van der Waals surface area contributed by atoms with E-state index in [1.807, 2.05) is 0 Å². The lowest BCUT2D eigenvalue weighted by molar-refractivity contribution is -0.136. The highest BCUT2D eigenvalue weighted by Crippen LogP contribution is 2.33. The molecule has 0 spiro atoms. The quantitative estimate of drug-likeness (QED) is 0.374. The van der Waals surface area contributed by atoms with Crippen LogP contribution in [0, 0.1) is 0 Å². The summed E-state index contributed by atoms with van der Waals surface area (Å²) in [6.45, 7) is 0. The number of unbranched alkanes of at least 4 members (excludes halogenated alkanes) is 1. The summed E-state index contributed by atoms with van der Waals surface area (Å²) in [5.41, 5.74) is 0.656. The lowest BCUT2D eigenvalue weighted by Gasteiger charge is -2.12. The van der Waals surface area contributed by atoms with Gasteiger partial charge >= 0.3 is 0 Å². The number of rotatable bonds is 9. The van der Waals surface area contributed by atoms with Gasteiger partial charge in [-0.2, -0.15) is 0 Å². The maximum Gasteiger partial charge on any atom is 0.216 e. The highest BCUT2D eigenvalue weighted by molar-refractivity contribution is 9.09. The first-order valence-corrected chi connectivity index (χ1v) is 7.99. The van der Waals surface area contributed by atoms with E-state index in [0.717, 1.165) is 6.42 Å². The number of carbonyl (C=O) groups excluding carboxylic acids is 2. The summed E-state index contributed by atoms with van der Waals surface area (Å²) in [5.74, 6) is 0.728. The van der Waals surface area contributed by atoms with Gasteiger partial charge in [0.05, 0.1) is 14.2 Å². The molecule has 0 fully saturated rings. The molecule has 1 aromatic rings. The molecule has 21 heavy (non-hydrogen) atoms. The molecular formula is C15H18BrClO4. The van der Waals surface area contributed by atoms with Crippen LogP contribution >= 0.6 is 27.5 Å². The monoisotopic (exact) mass is 376 g/mol. The first-order chi connectivity index (χ1) is 10.0. The van der Waals surface area contributed by atoms with Crippen molar-refractivity contribution in [3.63, 3.8) is 0 Å². The zero-order chi connectivity index (χ0) is 15.8. The lowest BCUT2D eigenvalue weighted by Crippen LogP contribution is -2.18. The van der Waals surface area contributed by atoms with Crippen molar-refractivity contribution >= 4 is 39.1 Å². The van der Waals surface area contributed by atoms with Crippen molar-refractivity contribution in [2.24, 2.45) is 0 Å². The van der Waals surface area contributed by atoms with Crippen LogP contribution in [0.15, 0.2) is 18.2 Å². The van der Waals surface area contributed by atoms with Crippen LogP contribution in [0.4, 0.5) is 0 Å². The second-order valence-corrected chi connectivity index (χ2v) is 5.70. The Labute approximate surface area is 137 Å². The Morgan fingerprint density at radius 2 is 1.86 bits per heavy atom. The third-order valence-corrected chi connectivity index (χ3v) is 4.20. The average molecular weight is 378 g/mol. The molecule has 0 aliphatic heterocycles. The molecule has 0 amide bonds. The molecule has 1 atom stereocenters. The summed E-state index contributed by atoms with van der Waals surface area (Å²) >= 11 is 8.83. The predicted molar refractivity (Wildman–Crippen MR) is 85.8 cm³/mol. The first-order valence-electron chi connectivity index (χ1n) is 6.54. The molecule has 6 heteroatoms. The summed E-state index contributed by atoms with van der Waals surface area (Å²) in [4.78, 5) is 23.2. The van der Waals surface area contributed by atoms with Crippen LogP contribution in [0.2, 0.25) is 0 Å². The third-order valence-electron chi connectivity index (χ3n) is 2.99. The number of ketones is 2. The predicted octanol–water partition coefficient (Wildman–Crippen LogP) is 3.69. The minimum atomic E-state index is -0.680. The second-order valence-electron chi connectivity index (χ2n) is 4.41. The lowest BCUT2D eigenvalue weighted by atomic mass is 10.0. The minimum absolute atomic E-state index is 0.223. The van der Waals surface area contributed by atoms with Crippen LogP contribution in [-0.2, 0) is 9.59 Å². The Morgan fingerprint density at radius 1 is 1.19 bits per heavy atom. The number of methoxy groups -OCH3 is 2. The SMILES string of the molecule is COc1ccc(C(Br)C(=O)C(=O)CCCCCl)cc1OC. The molecule has 1 unspecified atom stereocenters. The van der Waals surface area contributed by atoms with Crippen molar-refractivity contribution in [2.75, 3.05) is 20.1 Å². The molecule has 0 bridgehead atoms. The van der Waals surface area contributed by atoms with E-state index in [1.165, 1.54) is 14.2 Å². The van der Waals surface area contributed by atoms with E-state index in [2.05, 4.69) is 15.9 Å². The Balaban J connectivity index is 2.80. The van der Waals surface area contributed by atoms with Gasteiger partial charge in [0.15, 0.2) is 17.3 Å². The number of benzene rings is 1. The third kappa shape index (κ3) is 5.00. The number of carbonyl (C=O) groups is 2. The second kappa shape index (κ2) is 9.05. The van der Waals surface area contributed by atoms with Crippen molar-refractivity contribution in [1.29, 1.82) is 0 Å². The van der Waals surface area contributed by atoms with Crippen molar-refractivity contribution in [3.8, 4) is 11.5 Å². The summed E-state index contributed by atoms with van der Waals surface area (Å²) in [5, 5.41) is 0. The highest BCUT2D eigenvalue weighted by Gasteiger charge is 2.24. The van der Waals surface area contributed by atoms with E-state index in [1.54, 1.807) is 18.2 Å². The van der Waals surface area contributed by atoms with Crippen LogP contribution in [0.3, 0.4) is 0 Å². The summed E-state index contributed by atoms with van der Waals surface area (Å²) in [6.07, 6.45) is 1.57. The summed E-state index contributed by atoms with van der Waals surface area (Å²) in [7, 11) is 3.05. The van der Waals surface area contributed by atoms with Crippen LogP contribution in [0.25, 0.3) is 0 Å². The van der Waals surface area contributed by atoms with Crippen LogP contribution < -0.4 is 9.47 Å². The Bertz CT molecular complexity index is 504. The van der Waals surface area contributed by atoms with Gasteiger partial charge in [-0.3, -0.25) is 9.59 Å². The zero-order valence-electron chi connectivity index (χ0n) is 12.0. The van der Waals surface area contributed by atoms with E-state index in [4.69, 9.17) is 21.1 Å². The molecule has 0 heterocycles. The number of ether oxygens (including phenoxy) is 2. The Kier molecular flexibility index (Phi) is 7.75. The molecule has 116 valence electrons. The molecule has 0 saturated carbocycles. The van der Waals surface area contributed by atoms with Gasteiger partial charge in [0.2, 0.25) is 5.78 Å². The van der Waals surface area contributed by atoms with Crippen molar-refractivity contribution in [3.05, 3.63) is 23.8 Å². The zero-order valence-corrected chi connectivity index (χ0v) is 14.4. The van der Waals surface area contributed by atoms with E-state index in [0.29, 0.717) is 29.4 Å². The summed E-state index contributed by atoms with van der Waals surface area (Å²) in [6, 6.07) is 5.11. The van der Waals surface area contributed by atoms with Gasteiger partial charge < -0.3 is 9.47 Å². The molecule has 0 aliphatic rings. The van der Waals surface area contributed by atoms with E-state index < -0.39 is 16.4 Å². The highest BCUT2D eigenvalue weighted by atomic mass is 79.9. The largest absolute Gasteiger partial charge is 0.493 e. The van der Waals surface area contributed by atoms with Crippen LogP contribution in [-0.4, -0.2) is 31.7 Å². The van der Waals surface area contributed by atoms with Crippen LogP contribution in [0.5, 0.6) is 11.5 Å². The number of alkyl halides is 2. The average Bonchev–Trinajstić information content (AvgIpc) is 2.52. The van der Waals surface area contributed by atoms with Gasteiger partial charge in [-0.1, -0.05) is 22.0 Å². The standard InChI is InChI=1S/C15H18BrClO4/c1-20-12-7-6-10(9-13(12)21-2)14(16)15(19)11(18)5-3-4-8-17/h6-7,9,14H,3-5,8H2,1-2H3. The maximum absolute atomic E-state index is 12.1. The molecule has 1 aromatic carbocycles. The van der Waals surface area contributed by atoms with E-state index in [-0.39, 0.29) is 6.42 Å². The van der Waals surface area contributed by atoms with Crippen molar-refractivity contribution in [2.45, 2.75) is 24.1 Å². The van der Waals surface area contributed by atoms with E-state index >= 15 is 0 Å². The smallest absolute Gasteiger partial charge is 0.216 e. The molecule has 0 N–H and O–H groups in total. The fourth-order valence-electron chi connectivity index (χ4n) is 1.81. The number of Topliss-reactive ketones (excluding diaryl/α,β-unsaturated/α-hetero) is 2. The molecule has 1 rings (SSSR count). The number of hydrogen-bond donors (Lipinski definition) is 0. The maximum atomic E-state index is 12.1. The van der Waals surface area contributed by atoms with Gasteiger partial charge in [-0.05, 0) is 30.5 Å². The van der Waals surface area contributed by atoms with E-state index in [9.17, 15) is 9.59 Å². The number of hydrogen-bond acceptors (Lipinski definition) is 4. The molecule has 4 nitrogen and oxygen atoms in total. The van der Waals surface area contributed by atoms with Crippen molar-refractivity contribution < 1.29 is 19.1 Å². The first kappa shape index (κ1) is 18.0. The van der Waals surface area contributed by atoms with Gasteiger partial charge in [0.1, 0.15) is 4.83 Å². The van der Waals surface area contributed by atoms with Gasteiger partial charge in [-0.25, -0.2) is 0 Å². The van der Waals surface area contributed by atoms with Crippen molar-refractivity contribution in [1.82, 2.24) is 0 Å².